The van der Waals surface area contributed by atoms with Crippen molar-refractivity contribution in [1.82, 2.24) is 9.62 Å². The second-order valence-electron chi connectivity index (χ2n) is 15.1. The summed E-state index contributed by atoms with van der Waals surface area (Å²) in [6, 6.07) is -0.461. The van der Waals surface area contributed by atoms with E-state index < -0.39 is 16.3 Å². The third kappa shape index (κ3) is 40.7. The maximum absolute atomic E-state index is 12.7. The third-order valence-electron chi connectivity index (χ3n) is 10.1. The van der Waals surface area contributed by atoms with E-state index in [-0.39, 0.29) is 19.8 Å². The molecule has 0 spiro atoms. The number of ether oxygens (including phenoxy) is 2. The zero-order valence-electron chi connectivity index (χ0n) is 35.7. The maximum atomic E-state index is 12.7. The van der Waals surface area contributed by atoms with Crippen LogP contribution < -0.4 is 4.72 Å². The van der Waals surface area contributed by atoms with E-state index in [1.807, 2.05) is 0 Å². The van der Waals surface area contributed by atoms with Crippen molar-refractivity contribution in [3.8, 4) is 0 Å². The minimum absolute atomic E-state index is 0.135. The van der Waals surface area contributed by atoms with Gasteiger partial charge in [-0.2, -0.15) is 13.1 Å². The van der Waals surface area contributed by atoms with Crippen LogP contribution in [0.25, 0.3) is 0 Å². The van der Waals surface area contributed by atoms with Crippen LogP contribution in [0.15, 0.2) is 24.3 Å². The summed E-state index contributed by atoms with van der Waals surface area (Å²) in [5, 5.41) is 0. The van der Waals surface area contributed by atoms with Crippen molar-refractivity contribution in [2.45, 2.75) is 214 Å². The highest BCUT2D eigenvalue weighted by Crippen LogP contribution is 2.12. The van der Waals surface area contributed by atoms with E-state index >= 15 is 0 Å². The summed E-state index contributed by atoms with van der Waals surface area (Å²) in [6.07, 6.45) is 45.2. The number of unbranched alkanes of at least 4 members (excludes halogenated alkanes) is 24. The molecule has 0 radical (unpaired) electrons. The Labute approximate surface area is 331 Å². The van der Waals surface area contributed by atoms with E-state index in [2.05, 4.69) is 61.6 Å². The summed E-state index contributed by atoms with van der Waals surface area (Å²) in [4.78, 5) is 2.14. The molecular formula is C45H90N2O5S. The molecule has 0 aromatic rings. The average molecular weight is 771 g/mol. The van der Waals surface area contributed by atoms with Gasteiger partial charge in [-0.05, 0) is 77.3 Å². The Morgan fingerprint density at radius 1 is 0.472 bits per heavy atom. The Hall–Kier alpha value is -0.770. The largest absolute Gasteiger partial charge is 0.380 e. The van der Waals surface area contributed by atoms with Gasteiger partial charge in [0.15, 0.2) is 0 Å². The van der Waals surface area contributed by atoms with Gasteiger partial charge in [-0.25, -0.2) is 0 Å². The highest BCUT2D eigenvalue weighted by atomic mass is 32.2. The van der Waals surface area contributed by atoms with Crippen molar-refractivity contribution in [1.29, 1.82) is 0 Å². The Balaban J connectivity index is 4.13. The lowest BCUT2D eigenvalue weighted by atomic mass is 10.1. The molecule has 1 N–H and O–H groups in total. The molecule has 0 heterocycles. The minimum Gasteiger partial charge on any atom is -0.380 e. The molecule has 0 fully saturated rings. The lowest BCUT2D eigenvalue weighted by molar-refractivity contribution is 0.0583. The summed E-state index contributed by atoms with van der Waals surface area (Å²) >= 11 is 0. The van der Waals surface area contributed by atoms with Gasteiger partial charge in [0.1, 0.15) is 0 Å². The molecular weight excluding hydrogens is 681 g/mol. The number of hydrogen-bond donors (Lipinski definition) is 1. The van der Waals surface area contributed by atoms with Gasteiger partial charge in [-0.3, -0.25) is 4.18 Å². The highest BCUT2D eigenvalue weighted by molar-refractivity contribution is 7.84. The van der Waals surface area contributed by atoms with E-state index in [4.69, 9.17) is 13.7 Å². The minimum atomic E-state index is -3.89. The smallest absolute Gasteiger partial charge is 0.336 e. The van der Waals surface area contributed by atoms with Gasteiger partial charge < -0.3 is 14.4 Å². The molecule has 0 aliphatic carbocycles. The van der Waals surface area contributed by atoms with Crippen LogP contribution in [0.2, 0.25) is 0 Å². The first-order valence-corrected chi connectivity index (χ1v) is 24.2. The van der Waals surface area contributed by atoms with Gasteiger partial charge in [0.05, 0.1) is 25.9 Å². The molecule has 0 bridgehead atoms. The maximum Gasteiger partial charge on any atom is 0.336 e. The van der Waals surface area contributed by atoms with E-state index in [0.29, 0.717) is 19.8 Å². The standard InChI is InChI=1S/C45H90N2O5S/c1-5-9-11-13-15-17-19-21-23-25-27-29-31-33-35-37-40-50-43-45(46-53(48,49)52-42-39-47(7-3)8-4)44-51-41-38-36-34-32-30-28-26-24-22-20-18-16-14-12-10-6-2/h21-24,45-46H,5-20,25-44H2,1-4H3. The number of rotatable bonds is 44. The predicted octanol–water partition coefficient (Wildman–Crippen LogP) is 12.7. The summed E-state index contributed by atoms with van der Waals surface area (Å²) in [5.41, 5.74) is 0. The van der Waals surface area contributed by atoms with Crippen LogP contribution in [0.3, 0.4) is 0 Å². The van der Waals surface area contributed by atoms with Crippen molar-refractivity contribution >= 4 is 10.3 Å². The molecule has 0 aliphatic rings. The zero-order chi connectivity index (χ0) is 38.8. The summed E-state index contributed by atoms with van der Waals surface area (Å²) in [6.45, 7) is 13.0. The molecule has 0 aromatic heterocycles. The monoisotopic (exact) mass is 771 g/mol. The van der Waals surface area contributed by atoms with Crippen LogP contribution in [0, 0.1) is 0 Å². The fraction of sp³-hybridized carbons (Fsp3) is 0.911. The second kappa shape index (κ2) is 42.4. The molecule has 0 aromatic carbocycles. The van der Waals surface area contributed by atoms with Crippen LogP contribution in [-0.2, 0) is 24.0 Å². The van der Waals surface area contributed by atoms with Crippen molar-refractivity contribution < 1.29 is 22.1 Å². The van der Waals surface area contributed by atoms with Crippen molar-refractivity contribution in [2.75, 3.05) is 52.7 Å². The molecule has 316 valence electrons. The fourth-order valence-electron chi connectivity index (χ4n) is 6.52. The van der Waals surface area contributed by atoms with Crippen molar-refractivity contribution in [3.05, 3.63) is 24.3 Å². The molecule has 0 aliphatic heterocycles. The van der Waals surface area contributed by atoms with Gasteiger partial charge in [0.25, 0.3) is 0 Å². The van der Waals surface area contributed by atoms with E-state index in [1.165, 1.54) is 154 Å². The van der Waals surface area contributed by atoms with E-state index in [0.717, 1.165) is 38.8 Å². The first-order chi connectivity index (χ1) is 26.0. The normalized spacial score (nSPS) is 13.0. The van der Waals surface area contributed by atoms with Gasteiger partial charge >= 0.3 is 10.3 Å². The quantitative estimate of drug-likeness (QED) is 0.0491. The molecule has 0 saturated carbocycles. The third-order valence-corrected chi connectivity index (χ3v) is 11.2. The number of hydrogen-bond acceptors (Lipinski definition) is 6. The molecule has 0 amide bonds. The van der Waals surface area contributed by atoms with Gasteiger partial charge in [0.2, 0.25) is 0 Å². The second-order valence-corrected chi connectivity index (χ2v) is 16.5. The summed E-state index contributed by atoms with van der Waals surface area (Å²) in [7, 11) is -3.89. The Morgan fingerprint density at radius 3 is 1.17 bits per heavy atom. The predicted molar refractivity (Wildman–Crippen MR) is 230 cm³/mol. The molecule has 7 nitrogen and oxygen atoms in total. The molecule has 0 atom stereocenters. The highest BCUT2D eigenvalue weighted by Gasteiger charge is 2.19. The zero-order valence-corrected chi connectivity index (χ0v) is 36.6. The topological polar surface area (TPSA) is 77.1 Å². The molecule has 8 heteroatoms. The Kier molecular flexibility index (Phi) is 41.8. The average Bonchev–Trinajstić information content (AvgIpc) is 3.15. The van der Waals surface area contributed by atoms with Gasteiger partial charge in [0, 0.05) is 19.8 Å². The van der Waals surface area contributed by atoms with Crippen LogP contribution in [0.5, 0.6) is 0 Å². The van der Waals surface area contributed by atoms with Crippen molar-refractivity contribution in [3.63, 3.8) is 0 Å². The van der Waals surface area contributed by atoms with E-state index in [9.17, 15) is 8.42 Å². The van der Waals surface area contributed by atoms with Crippen molar-refractivity contribution in [2.24, 2.45) is 0 Å². The van der Waals surface area contributed by atoms with E-state index in [1.54, 1.807) is 0 Å². The Morgan fingerprint density at radius 2 is 0.811 bits per heavy atom. The van der Waals surface area contributed by atoms with Crippen LogP contribution >= 0.6 is 0 Å². The fourth-order valence-corrected chi connectivity index (χ4v) is 7.43. The first-order valence-electron chi connectivity index (χ1n) is 22.8. The van der Waals surface area contributed by atoms with Crippen LogP contribution in [0.1, 0.15) is 207 Å². The number of nitrogens with zero attached hydrogens (tertiary/aromatic N) is 1. The molecule has 0 rings (SSSR count). The van der Waals surface area contributed by atoms with Crippen LogP contribution in [-0.4, -0.2) is 72.0 Å². The molecule has 53 heavy (non-hydrogen) atoms. The Bertz CT molecular complexity index is 832. The molecule has 0 unspecified atom stereocenters. The van der Waals surface area contributed by atoms with Gasteiger partial charge in [-0.15, -0.1) is 0 Å². The number of nitrogens with one attached hydrogen (secondary N) is 1. The summed E-state index contributed by atoms with van der Waals surface area (Å²) in [5.74, 6) is 0. The lowest BCUT2D eigenvalue weighted by Gasteiger charge is -2.20. The first kappa shape index (κ1) is 52.2. The SMILES string of the molecule is CCCCCCCCC=CCCCCCCCCOCC(COCCCCCCCCC=CCCCCCCCC)NS(=O)(=O)OCCN(CC)CC. The van der Waals surface area contributed by atoms with Gasteiger partial charge in [-0.1, -0.05) is 168 Å². The number of likely N-dealkylation sites (N-methyl/N-ethyl adjacent to an activating group) is 1. The number of allylic oxidation sites excluding steroid dienone is 4. The van der Waals surface area contributed by atoms with Crippen LogP contribution in [0.4, 0.5) is 0 Å². The summed E-state index contributed by atoms with van der Waals surface area (Å²) < 4.78 is 45.3. The molecule has 0 saturated heterocycles. The lowest BCUT2D eigenvalue weighted by Crippen LogP contribution is -2.43.